The Morgan fingerprint density at radius 3 is 2.95 bits per heavy atom. The normalized spacial score (nSPS) is 20.4. The van der Waals surface area contributed by atoms with Gasteiger partial charge in [-0.05, 0) is 50.6 Å². The molecule has 0 aromatic heterocycles. The van der Waals surface area contributed by atoms with Gasteiger partial charge < -0.3 is 5.32 Å². The predicted molar refractivity (Wildman–Crippen MR) is 82.2 cm³/mol. The van der Waals surface area contributed by atoms with Crippen molar-refractivity contribution in [2.45, 2.75) is 12.8 Å². The highest BCUT2D eigenvalue weighted by molar-refractivity contribution is 7.90. The van der Waals surface area contributed by atoms with Gasteiger partial charge in [0.25, 0.3) is 0 Å². The van der Waals surface area contributed by atoms with Crippen LogP contribution in [0.2, 0.25) is 5.02 Å². The van der Waals surface area contributed by atoms with Crippen LogP contribution in [0.4, 0.5) is 10.1 Å². The minimum absolute atomic E-state index is 0.0624. The van der Waals surface area contributed by atoms with E-state index in [0.29, 0.717) is 13.1 Å². The van der Waals surface area contributed by atoms with Crippen molar-refractivity contribution in [3.8, 4) is 0 Å². The molecule has 0 spiro atoms. The molecule has 1 aromatic carbocycles. The van der Waals surface area contributed by atoms with Crippen molar-refractivity contribution in [1.82, 2.24) is 9.62 Å². The second kappa shape index (κ2) is 6.91. The number of halogens is 2. The Balaban J connectivity index is 2.12. The molecule has 0 amide bonds. The van der Waals surface area contributed by atoms with Crippen LogP contribution < -0.4 is 10.0 Å². The quantitative estimate of drug-likeness (QED) is 0.866. The van der Waals surface area contributed by atoms with Crippen molar-refractivity contribution in [1.29, 1.82) is 0 Å². The molecule has 2 rings (SSSR count). The van der Waals surface area contributed by atoms with Gasteiger partial charge in [0, 0.05) is 13.1 Å². The van der Waals surface area contributed by atoms with Crippen molar-refractivity contribution < 1.29 is 12.8 Å². The van der Waals surface area contributed by atoms with Crippen LogP contribution in [0.25, 0.3) is 0 Å². The van der Waals surface area contributed by atoms with E-state index in [0.717, 1.165) is 25.5 Å². The largest absolute Gasteiger partial charge is 0.319 e. The summed E-state index contributed by atoms with van der Waals surface area (Å²) < 4.78 is 41.7. The van der Waals surface area contributed by atoms with Crippen molar-refractivity contribution in [3.63, 3.8) is 0 Å². The summed E-state index contributed by atoms with van der Waals surface area (Å²) in [5.41, 5.74) is 0.0624. The standard InChI is InChI=1S/C13H19ClFN3O2S/c1-16-8-10-3-2-6-18(9-10)21(19,20)17-13-7-11(15)4-5-12(13)14/h4-5,7,10,16-17H,2-3,6,8-9H2,1H3. The highest BCUT2D eigenvalue weighted by Crippen LogP contribution is 2.26. The lowest BCUT2D eigenvalue weighted by Gasteiger charge is -2.32. The second-order valence-corrected chi connectivity index (χ2v) is 7.23. The first-order valence-corrected chi connectivity index (χ1v) is 8.61. The van der Waals surface area contributed by atoms with Crippen molar-refractivity contribution in [2.75, 3.05) is 31.4 Å². The SMILES string of the molecule is CNCC1CCCN(S(=O)(=O)Nc2cc(F)ccc2Cl)C1. The first-order valence-electron chi connectivity index (χ1n) is 6.80. The lowest BCUT2D eigenvalue weighted by molar-refractivity contribution is 0.264. The van der Waals surface area contributed by atoms with Crippen molar-refractivity contribution in [2.24, 2.45) is 5.92 Å². The summed E-state index contributed by atoms with van der Waals surface area (Å²) in [4.78, 5) is 0. The summed E-state index contributed by atoms with van der Waals surface area (Å²) in [6, 6.07) is 3.59. The van der Waals surface area contributed by atoms with Gasteiger partial charge in [0.15, 0.2) is 0 Å². The molecule has 1 saturated heterocycles. The van der Waals surface area contributed by atoms with Crippen LogP contribution in [-0.4, -0.2) is 39.4 Å². The Morgan fingerprint density at radius 2 is 2.24 bits per heavy atom. The lowest BCUT2D eigenvalue weighted by Crippen LogP contribution is -2.44. The lowest BCUT2D eigenvalue weighted by atomic mass is 10.00. The maximum Gasteiger partial charge on any atom is 0.301 e. The van der Waals surface area contributed by atoms with Gasteiger partial charge in [-0.25, -0.2) is 4.39 Å². The van der Waals surface area contributed by atoms with Crippen LogP contribution in [-0.2, 0) is 10.2 Å². The van der Waals surface area contributed by atoms with Crippen LogP contribution in [0.1, 0.15) is 12.8 Å². The fourth-order valence-electron chi connectivity index (χ4n) is 2.48. The number of benzene rings is 1. The summed E-state index contributed by atoms with van der Waals surface area (Å²) in [5.74, 6) is -0.257. The number of anilines is 1. The van der Waals surface area contributed by atoms with Gasteiger partial charge in [0.1, 0.15) is 5.82 Å². The molecule has 2 N–H and O–H groups in total. The molecular formula is C13H19ClFN3O2S. The minimum atomic E-state index is -3.72. The van der Waals surface area contributed by atoms with E-state index < -0.39 is 16.0 Å². The molecule has 1 atom stereocenters. The highest BCUT2D eigenvalue weighted by atomic mass is 35.5. The first-order chi connectivity index (χ1) is 9.92. The number of nitrogens with zero attached hydrogens (tertiary/aromatic N) is 1. The summed E-state index contributed by atoms with van der Waals surface area (Å²) >= 11 is 5.90. The molecule has 5 nitrogen and oxygen atoms in total. The topological polar surface area (TPSA) is 61.4 Å². The van der Waals surface area contributed by atoms with E-state index in [-0.39, 0.29) is 16.6 Å². The average Bonchev–Trinajstić information content (AvgIpc) is 2.43. The molecule has 1 aliphatic rings. The van der Waals surface area contributed by atoms with Gasteiger partial charge >= 0.3 is 10.2 Å². The summed E-state index contributed by atoms with van der Waals surface area (Å²) in [5, 5.41) is 3.23. The van der Waals surface area contributed by atoms with E-state index in [1.807, 2.05) is 7.05 Å². The van der Waals surface area contributed by atoms with Gasteiger partial charge in [-0.3, -0.25) is 4.72 Å². The Labute approximate surface area is 129 Å². The van der Waals surface area contributed by atoms with Gasteiger partial charge in [0.05, 0.1) is 10.7 Å². The fourth-order valence-corrected chi connectivity index (χ4v) is 4.05. The third kappa shape index (κ3) is 4.29. The Hall–Kier alpha value is -0.890. The number of nitrogens with one attached hydrogen (secondary N) is 2. The number of piperidine rings is 1. The zero-order chi connectivity index (χ0) is 15.5. The monoisotopic (exact) mass is 335 g/mol. The third-order valence-electron chi connectivity index (χ3n) is 3.48. The smallest absolute Gasteiger partial charge is 0.301 e. The van der Waals surface area contributed by atoms with Crippen LogP contribution in [0.15, 0.2) is 18.2 Å². The zero-order valence-corrected chi connectivity index (χ0v) is 13.3. The molecule has 0 saturated carbocycles. The molecular weight excluding hydrogens is 317 g/mol. The van der Waals surface area contributed by atoms with E-state index >= 15 is 0 Å². The molecule has 1 aromatic rings. The molecule has 0 radical (unpaired) electrons. The average molecular weight is 336 g/mol. The Bertz CT molecular complexity index is 595. The summed E-state index contributed by atoms with van der Waals surface area (Å²) in [6.07, 6.45) is 1.80. The number of hydrogen-bond donors (Lipinski definition) is 2. The maximum absolute atomic E-state index is 13.2. The maximum atomic E-state index is 13.2. The van der Waals surface area contributed by atoms with Crippen LogP contribution in [0.5, 0.6) is 0 Å². The van der Waals surface area contributed by atoms with Crippen LogP contribution >= 0.6 is 11.6 Å². The molecule has 1 aliphatic heterocycles. The van der Waals surface area contributed by atoms with Gasteiger partial charge in [-0.1, -0.05) is 11.6 Å². The summed E-state index contributed by atoms with van der Waals surface area (Å²) in [6.45, 7) is 1.68. The van der Waals surface area contributed by atoms with E-state index in [1.165, 1.54) is 16.4 Å². The first kappa shape index (κ1) is 16.5. The van der Waals surface area contributed by atoms with Gasteiger partial charge in [-0.15, -0.1) is 0 Å². The number of hydrogen-bond acceptors (Lipinski definition) is 3. The van der Waals surface area contributed by atoms with Crippen molar-refractivity contribution >= 4 is 27.5 Å². The molecule has 118 valence electrons. The Kier molecular flexibility index (Phi) is 5.43. The zero-order valence-electron chi connectivity index (χ0n) is 11.8. The van der Waals surface area contributed by atoms with Gasteiger partial charge in [-0.2, -0.15) is 12.7 Å². The molecule has 1 fully saturated rings. The Morgan fingerprint density at radius 1 is 1.48 bits per heavy atom. The van der Waals surface area contributed by atoms with E-state index in [4.69, 9.17) is 11.6 Å². The van der Waals surface area contributed by atoms with Gasteiger partial charge in [0.2, 0.25) is 0 Å². The second-order valence-electron chi connectivity index (χ2n) is 5.16. The highest BCUT2D eigenvalue weighted by Gasteiger charge is 2.29. The number of rotatable bonds is 5. The molecule has 8 heteroatoms. The van der Waals surface area contributed by atoms with E-state index in [9.17, 15) is 12.8 Å². The molecule has 21 heavy (non-hydrogen) atoms. The van der Waals surface area contributed by atoms with E-state index in [1.54, 1.807) is 0 Å². The molecule has 1 heterocycles. The molecule has 0 aliphatic carbocycles. The predicted octanol–water partition coefficient (Wildman–Crippen LogP) is 2.07. The molecule has 0 bridgehead atoms. The van der Waals surface area contributed by atoms with Crippen LogP contribution in [0.3, 0.4) is 0 Å². The van der Waals surface area contributed by atoms with E-state index in [2.05, 4.69) is 10.0 Å². The minimum Gasteiger partial charge on any atom is -0.319 e. The fraction of sp³-hybridized carbons (Fsp3) is 0.538. The van der Waals surface area contributed by atoms with Crippen molar-refractivity contribution in [3.05, 3.63) is 29.0 Å². The molecule has 1 unspecified atom stereocenters. The summed E-state index contributed by atoms with van der Waals surface area (Å²) in [7, 11) is -1.88. The third-order valence-corrected chi connectivity index (χ3v) is 5.30. The van der Waals surface area contributed by atoms with Crippen LogP contribution in [0, 0.1) is 11.7 Å².